The molecule has 0 radical (unpaired) electrons. The summed E-state index contributed by atoms with van der Waals surface area (Å²) in [6.45, 7) is 0.439. The van der Waals surface area contributed by atoms with Crippen LogP contribution in [0.5, 0.6) is 5.75 Å². The highest BCUT2D eigenvalue weighted by molar-refractivity contribution is 5.86. The lowest BCUT2D eigenvalue weighted by atomic mass is 9.76. The number of nitrogens with zero attached hydrogens (tertiary/aromatic N) is 2. The smallest absolute Gasteiger partial charge is 0.328 e. The zero-order valence-corrected chi connectivity index (χ0v) is 21.9. The zero-order chi connectivity index (χ0) is 27.8. The van der Waals surface area contributed by atoms with Gasteiger partial charge in [0.1, 0.15) is 6.04 Å². The summed E-state index contributed by atoms with van der Waals surface area (Å²) < 4.78 is 5.97. The lowest BCUT2D eigenvalue weighted by Crippen LogP contribution is -2.53. The molecule has 1 heterocycles. The van der Waals surface area contributed by atoms with Gasteiger partial charge in [-0.05, 0) is 41.7 Å². The van der Waals surface area contributed by atoms with Gasteiger partial charge in [-0.1, -0.05) is 102 Å². The number of aromatic amines is 1. The van der Waals surface area contributed by atoms with Gasteiger partial charge in [-0.2, -0.15) is 0 Å². The highest BCUT2D eigenvalue weighted by atomic mass is 16.5. The molecule has 1 atom stereocenters. The van der Waals surface area contributed by atoms with Crippen LogP contribution in [0.2, 0.25) is 0 Å². The first-order chi connectivity index (χ1) is 19.6. The Morgan fingerprint density at radius 2 is 1.45 bits per heavy atom. The second-order valence-corrected chi connectivity index (χ2v) is 9.41. The van der Waals surface area contributed by atoms with E-state index in [0.717, 1.165) is 16.7 Å². The highest BCUT2D eigenvalue weighted by Crippen LogP contribution is 2.38. The number of nitrogens with one attached hydrogen (secondary N) is 4. The van der Waals surface area contributed by atoms with Gasteiger partial charge in [-0.15, -0.1) is 5.10 Å². The number of benzene rings is 4. The molecule has 202 valence electrons. The zero-order valence-electron chi connectivity index (χ0n) is 21.9. The molecule has 5 aromatic rings. The molecule has 0 aliphatic carbocycles. The van der Waals surface area contributed by atoms with E-state index in [-0.39, 0.29) is 5.96 Å². The van der Waals surface area contributed by atoms with Gasteiger partial charge in [0.05, 0.1) is 11.1 Å². The van der Waals surface area contributed by atoms with Gasteiger partial charge in [0.2, 0.25) is 0 Å². The Morgan fingerprint density at radius 3 is 2.00 bits per heavy atom. The van der Waals surface area contributed by atoms with Gasteiger partial charge in [-0.3, -0.25) is 15.8 Å². The number of ether oxygens (including phenoxy) is 1. The fourth-order valence-electron chi connectivity index (χ4n) is 4.96. The summed E-state index contributed by atoms with van der Waals surface area (Å²) in [5.41, 5.74) is 8.71. The van der Waals surface area contributed by atoms with E-state index in [1.54, 1.807) is 12.1 Å². The number of carbonyl (C=O) groups is 1. The van der Waals surface area contributed by atoms with Crippen molar-refractivity contribution in [2.45, 2.75) is 24.4 Å². The summed E-state index contributed by atoms with van der Waals surface area (Å²) in [4.78, 5) is 13.9. The SMILES string of the molecule is N=C(N)NCCC[C@H](NC(c1ccccc1)(c1ccccc1)c1ccccc1)C(=O)Oc1cccc2[nH]nnc12. The maximum Gasteiger partial charge on any atom is 0.328 e. The molecule has 0 aliphatic heterocycles. The third kappa shape index (κ3) is 5.69. The predicted octanol–water partition coefficient (Wildman–Crippen LogP) is 4.08. The quantitative estimate of drug-likeness (QED) is 0.0430. The Labute approximate surface area is 232 Å². The summed E-state index contributed by atoms with van der Waals surface area (Å²) in [6.07, 6.45) is 0.983. The molecule has 0 amide bonds. The average Bonchev–Trinajstić information content (AvgIpc) is 3.48. The molecule has 0 spiro atoms. The molecular weight excluding hydrogens is 502 g/mol. The van der Waals surface area contributed by atoms with Crippen LogP contribution >= 0.6 is 0 Å². The maximum atomic E-state index is 13.9. The van der Waals surface area contributed by atoms with Crippen LogP contribution in [0.15, 0.2) is 109 Å². The number of H-pyrrole nitrogens is 1. The molecule has 40 heavy (non-hydrogen) atoms. The van der Waals surface area contributed by atoms with E-state index in [0.29, 0.717) is 36.2 Å². The number of nitrogens with two attached hydrogens (primary N) is 1. The van der Waals surface area contributed by atoms with Crippen LogP contribution in [0.4, 0.5) is 0 Å². The van der Waals surface area contributed by atoms with Crippen molar-refractivity contribution >= 4 is 23.0 Å². The minimum absolute atomic E-state index is 0.114. The summed E-state index contributed by atoms with van der Waals surface area (Å²) in [5, 5.41) is 24.8. The van der Waals surface area contributed by atoms with Crippen molar-refractivity contribution in [1.82, 2.24) is 26.0 Å². The molecule has 6 N–H and O–H groups in total. The van der Waals surface area contributed by atoms with E-state index in [2.05, 4.69) is 62.4 Å². The summed E-state index contributed by atoms with van der Waals surface area (Å²) in [5.74, 6) is -0.239. The molecule has 0 aliphatic rings. The first-order valence-electron chi connectivity index (χ1n) is 13.1. The molecule has 0 unspecified atom stereocenters. The summed E-state index contributed by atoms with van der Waals surface area (Å²) in [7, 11) is 0. The van der Waals surface area contributed by atoms with E-state index >= 15 is 0 Å². The summed E-state index contributed by atoms with van der Waals surface area (Å²) >= 11 is 0. The van der Waals surface area contributed by atoms with Crippen molar-refractivity contribution in [2.24, 2.45) is 5.73 Å². The van der Waals surface area contributed by atoms with Gasteiger partial charge in [0.25, 0.3) is 0 Å². The number of hydrogen-bond donors (Lipinski definition) is 5. The molecule has 0 saturated carbocycles. The fourth-order valence-corrected chi connectivity index (χ4v) is 4.96. The molecule has 9 heteroatoms. The number of hydrogen-bond acceptors (Lipinski definition) is 6. The number of aromatic nitrogens is 3. The number of carbonyl (C=O) groups excluding carboxylic acids is 1. The number of esters is 1. The third-order valence-electron chi connectivity index (χ3n) is 6.81. The first kappa shape index (κ1) is 26.6. The lowest BCUT2D eigenvalue weighted by molar-refractivity contribution is -0.137. The third-order valence-corrected chi connectivity index (χ3v) is 6.81. The largest absolute Gasteiger partial charge is 0.423 e. The van der Waals surface area contributed by atoms with Gasteiger partial charge >= 0.3 is 5.97 Å². The fraction of sp³-hybridized carbons (Fsp3) is 0.161. The van der Waals surface area contributed by atoms with Gasteiger partial charge in [0.15, 0.2) is 17.2 Å². The Balaban J connectivity index is 1.58. The first-order valence-corrected chi connectivity index (χ1v) is 13.1. The lowest BCUT2D eigenvalue weighted by Gasteiger charge is -2.39. The molecule has 9 nitrogen and oxygen atoms in total. The Kier molecular flexibility index (Phi) is 8.13. The van der Waals surface area contributed by atoms with E-state index in [9.17, 15) is 4.79 Å². The van der Waals surface area contributed by atoms with E-state index < -0.39 is 17.6 Å². The molecular formula is C31H31N7O2. The van der Waals surface area contributed by atoms with Gasteiger partial charge in [0, 0.05) is 6.54 Å². The molecule has 0 saturated heterocycles. The van der Waals surface area contributed by atoms with Crippen LogP contribution in [-0.2, 0) is 10.3 Å². The van der Waals surface area contributed by atoms with Crippen LogP contribution in [0.25, 0.3) is 11.0 Å². The predicted molar refractivity (Wildman–Crippen MR) is 155 cm³/mol. The number of guanidine groups is 1. The average molecular weight is 534 g/mol. The summed E-state index contributed by atoms with van der Waals surface area (Å²) in [6, 6.07) is 34.8. The van der Waals surface area contributed by atoms with Crippen molar-refractivity contribution in [3.63, 3.8) is 0 Å². The molecule has 5 rings (SSSR count). The highest BCUT2D eigenvalue weighted by Gasteiger charge is 2.40. The normalized spacial score (nSPS) is 12.1. The minimum atomic E-state index is -0.874. The van der Waals surface area contributed by atoms with Crippen molar-refractivity contribution < 1.29 is 9.53 Å². The molecule has 4 aromatic carbocycles. The van der Waals surface area contributed by atoms with E-state index in [1.165, 1.54) is 0 Å². The monoisotopic (exact) mass is 533 g/mol. The molecule has 0 fully saturated rings. The van der Waals surface area contributed by atoms with Crippen LogP contribution in [0.3, 0.4) is 0 Å². The van der Waals surface area contributed by atoms with E-state index in [1.807, 2.05) is 60.7 Å². The van der Waals surface area contributed by atoms with Crippen molar-refractivity contribution in [3.05, 3.63) is 126 Å². The van der Waals surface area contributed by atoms with Crippen LogP contribution < -0.4 is 21.1 Å². The minimum Gasteiger partial charge on any atom is -0.423 e. The van der Waals surface area contributed by atoms with Gasteiger partial charge < -0.3 is 15.8 Å². The second kappa shape index (κ2) is 12.2. The van der Waals surface area contributed by atoms with Crippen LogP contribution in [0, 0.1) is 5.41 Å². The second-order valence-electron chi connectivity index (χ2n) is 9.41. The molecule has 0 bridgehead atoms. The van der Waals surface area contributed by atoms with E-state index in [4.69, 9.17) is 15.9 Å². The molecule has 1 aromatic heterocycles. The number of rotatable bonds is 11. The van der Waals surface area contributed by atoms with Crippen LogP contribution in [-0.4, -0.2) is 39.9 Å². The number of fused-ring (bicyclic) bond motifs is 1. The van der Waals surface area contributed by atoms with Crippen molar-refractivity contribution in [2.75, 3.05) is 6.54 Å². The van der Waals surface area contributed by atoms with Crippen LogP contribution in [0.1, 0.15) is 29.5 Å². The maximum absolute atomic E-state index is 13.9. The topological polar surface area (TPSA) is 142 Å². The Hall–Kier alpha value is -5.02. The van der Waals surface area contributed by atoms with Crippen molar-refractivity contribution in [1.29, 1.82) is 5.41 Å². The standard InChI is InChI=1S/C31H31N7O2/c32-30(33)34-21-11-19-26(29(39)40-27-20-10-18-25-28(27)37-38-36-25)35-31(22-12-4-1-5-13-22,23-14-6-2-7-15-23)24-16-8-3-9-17-24/h1-10,12-18,20,26,35H,11,19,21H2,(H4,32,33,34)(H,36,37,38)/t26-/m0/s1. The van der Waals surface area contributed by atoms with Gasteiger partial charge in [-0.25, -0.2) is 4.79 Å². The Morgan fingerprint density at radius 1 is 0.875 bits per heavy atom. The Bertz CT molecular complexity index is 1460. The van der Waals surface area contributed by atoms with Crippen molar-refractivity contribution in [3.8, 4) is 5.75 Å².